The van der Waals surface area contributed by atoms with Gasteiger partial charge in [-0.05, 0) is 42.7 Å². The van der Waals surface area contributed by atoms with Crippen LogP contribution in [0.15, 0.2) is 46.6 Å². The molecule has 8 heteroatoms. The molecule has 0 saturated carbocycles. The number of thiazole rings is 1. The van der Waals surface area contributed by atoms with Crippen molar-refractivity contribution in [1.29, 1.82) is 0 Å². The predicted octanol–water partition coefficient (Wildman–Crippen LogP) is 3.83. The SMILES string of the molecule is O=C(Nc1nc(-c2ccc3c(c2)CCO3)cs1)C1CCCN(C(=O)c2ccoc2)C1. The van der Waals surface area contributed by atoms with Gasteiger partial charge in [-0.2, -0.15) is 0 Å². The van der Waals surface area contributed by atoms with E-state index >= 15 is 0 Å². The molecule has 1 saturated heterocycles. The Kier molecular flexibility index (Phi) is 5.00. The van der Waals surface area contributed by atoms with E-state index in [1.165, 1.54) is 29.4 Å². The van der Waals surface area contributed by atoms with Gasteiger partial charge in [0.2, 0.25) is 5.91 Å². The largest absolute Gasteiger partial charge is 0.493 e. The molecule has 5 rings (SSSR count). The zero-order chi connectivity index (χ0) is 20.5. The van der Waals surface area contributed by atoms with Crippen LogP contribution in [-0.4, -0.2) is 41.4 Å². The van der Waals surface area contributed by atoms with Crippen LogP contribution < -0.4 is 10.1 Å². The fourth-order valence-corrected chi connectivity index (χ4v) is 4.68. The number of carbonyl (C=O) groups excluding carboxylic acids is 2. The lowest BCUT2D eigenvalue weighted by atomic mass is 9.97. The number of piperidine rings is 1. The van der Waals surface area contributed by atoms with Crippen LogP contribution in [0.2, 0.25) is 0 Å². The number of carbonyl (C=O) groups is 2. The van der Waals surface area contributed by atoms with E-state index in [4.69, 9.17) is 9.15 Å². The van der Waals surface area contributed by atoms with Gasteiger partial charge in [-0.1, -0.05) is 0 Å². The molecule has 3 aromatic rings. The lowest BCUT2D eigenvalue weighted by Crippen LogP contribution is -2.43. The van der Waals surface area contributed by atoms with Crippen LogP contribution in [0.25, 0.3) is 11.3 Å². The van der Waals surface area contributed by atoms with Crippen LogP contribution in [0.1, 0.15) is 28.8 Å². The Balaban J connectivity index is 1.24. The first kappa shape index (κ1) is 18.9. The van der Waals surface area contributed by atoms with E-state index in [2.05, 4.69) is 16.4 Å². The third-order valence-corrected chi connectivity index (χ3v) is 6.32. The first-order valence-electron chi connectivity index (χ1n) is 10.0. The van der Waals surface area contributed by atoms with Crippen LogP contribution in [0.4, 0.5) is 5.13 Å². The van der Waals surface area contributed by atoms with E-state index in [0.29, 0.717) is 23.8 Å². The van der Waals surface area contributed by atoms with Gasteiger partial charge >= 0.3 is 0 Å². The Labute approximate surface area is 177 Å². The fraction of sp³-hybridized carbons (Fsp3) is 0.318. The predicted molar refractivity (Wildman–Crippen MR) is 113 cm³/mol. The summed E-state index contributed by atoms with van der Waals surface area (Å²) < 4.78 is 10.6. The lowest BCUT2D eigenvalue weighted by Gasteiger charge is -2.31. The highest BCUT2D eigenvalue weighted by atomic mass is 32.1. The van der Waals surface area contributed by atoms with Crippen LogP contribution in [0.3, 0.4) is 0 Å². The van der Waals surface area contributed by atoms with Crippen molar-refractivity contribution in [3.63, 3.8) is 0 Å². The summed E-state index contributed by atoms with van der Waals surface area (Å²) in [7, 11) is 0. The second-order valence-electron chi connectivity index (χ2n) is 7.55. The molecule has 2 aromatic heterocycles. The molecule has 1 N–H and O–H groups in total. The van der Waals surface area contributed by atoms with Crippen LogP contribution >= 0.6 is 11.3 Å². The molecule has 7 nitrogen and oxygen atoms in total. The molecule has 0 aliphatic carbocycles. The molecule has 0 radical (unpaired) electrons. The standard InChI is InChI=1S/C22H21N3O4S/c26-20(16-2-1-7-25(11-16)21(27)17-5-8-28-12-17)24-22-23-18(13-30-22)14-3-4-19-15(10-14)6-9-29-19/h3-5,8,10,12-13,16H,1-2,6-7,9,11H2,(H,23,24,26). The molecule has 2 amide bonds. The number of furan rings is 1. The van der Waals surface area contributed by atoms with Crippen molar-refractivity contribution in [2.75, 3.05) is 25.0 Å². The molecular weight excluding hydrogens is 402 g/mol. The normalized spacial score (nSPS) is 18.0. The topological polar surface area (TPSA) is 84.7 Å². The van der Waals surface area contributed by atoms with Gasteiger partial charge in [0.25, 0.3) is 5.91 Å². The molecular formula is C22H21N3O4S. The number of likely N-dealkylation sites (tertiary alicyclic amines) is 1. The third-order valence-electron chi connectivity index (χ3n) is 5.57. The van der Waals surface area contributed by atoms with E-state index in [1.54, 1.807) is 11.0 Å². The zero-order valence-electron chi connectivity index (χ0n) is 16.3. The van der Waals surface area contributed by atoms with E-state index in [0.717, 1.165) is 42.9 Å². The van der Waals surface area contributed by atoms with Crippen molar-refractivity contribution in [2.24, 2.45) is 5.92 Å². The Morgan fingerprint density at radius 1 is 1.27 bits per heavy atom. The summed E-state index contributed by atoms with van der Waals surface area (Å²) in [6, 6.07) is 7.71. The second kappa shape index (κ2) is 7.95. The molecule has 4 heterocycles. The highest BCUT2D eigenvalue weighted by molar-refractivity contribution is 7.14. The van der Waals surface area contributed by atoms with Gasteiger partial charge in [-0.3, -0.25) is 9.59 Å². The quantitative estimate of drug-likeness (QED) is 0.689. The Morgan fingerprint density at radius 3 is 3.07 bits per heavy atom. The highest BCUT2D eigenvalue weighted by Gasteiger charge is 2.29. The number of fused-ring (bicyclic) bond motifs is 1. The number of benzene rings is 1. The summed E-state index contributed by atoms with van der Waals surface area (Å²) in [5.41, 5.74) is 3.56. The van der Waals surface area contributed by atoms with Gasteiger partial charge in [-0.25, -0.2) is 4.98 Å². The second-order valence-corrected chi connectivity index (χ2v) is 8.41. The number of aromatic nitrogens is 1. The Morgan fingerprint density at radius 2 is 2.20 bits per heavy atom. The number of hydrogen-bond donors (Lipinski definition) is 1. The molecule has 2 aliphatic rings. The number of anilines is 1. The van der Waals surface area contributed by atoms with Gasteiger partial charge in [0, 0.05) is 30.5 Å². The first-order chi connectivity index (χ1) is 14.7. The Bertz CT molecular complexity index is 1080. The minimum absolute atomic E-state index is 0.0945. The first-order valence-corrected chi connectivity index (χ1v) is 10.9. The van der Waals surface area contributed by atoms with Gasteiger partial charge in [0.1, 0.15) is 12.0 Å². The molecule has 1 atom stereocenters. The lowest BCUT2D eigenvalue weighted by molar-refractivity contribution is -0.121. The monoisotopic (exact) mass is 423 g/mol. The number of nitrogens with zero attached hydrogens (tertiary/aromatic N) is 2. The average Bonchev–Trinajstić information content (AvgIpc) is 3.54. The van der Waals surface area contributed by atoms with Crippen molar-refractivity contribution in [1.82, 2.24) is 9.88 Å². The summed E-state index contributed by atoms with van der Waals surface area (Å²) in [6.45, 7) is 1.77. The molecule has 0 bridgehead atoms. The van der Waals surface area contributed by atoms with Gasteiger partial charge in [-0.15, -0.1) is 11.3 Å². The third kappa shape index (κ3) is 3.70. The van der Waals surface area contributed by atoms with Gasteiger partial charge in [0.05, 0.1) is 30.0 Å². The van der Waals surface area contributed by atoms with E-state index in [9.17, 15) is 9.59 Å². The number of rotatable bonds is 4. The Hall–Kier alpha value is -3.13. The van der Waals surface area contributed by atoms with Crippen molar-refractivity contribution in [3.05, 3.63) is 53.3 Å². The number of hydrogen-bond acceptors (Lipinski definition) is 6. The molecule has 0 spiro atoms. The number of nitrogens with one attached hydrogen (secondary N) is 1. The number of ether oxygens (including phenoxy) is 1. The molecule has 154 valence electrons. The summed E-state index contributed by atoms with van der Waals surface area (Å²) >= 11 is 1.41. The van der Waals surface area contributed by atoms with Crippen molar-refractivity contribution < 1.29 is 18.7 Å². The van der Waals surface area contributed by atoms with Gasteiger partial charge < -0.3 is 19.4 Å². The maximum atomic E-state index is 12.8. The number of amides is 2. The summed E-state index contributed by atoms with van der Waals surface area (Å²) in [4.78, 5) is 31.7. The molecule has 1 aromatic carbocycles. The van der Waals surface area contributed by atoms with Crippen molar-refractivity contribution >= 4 is 28.3 Å². The molecule has 2 aliphatic heterocycles. The highest BCUT2D eigenvalue weighted by Crippen LogP contribution is 2.32. The minimum atomic E-state index is -0.251. The zero-order valence-corrected chi connectivity index (χ0v) is 17.1. The van der Waals surface area contributed by atoms with E-state index < -0.39 is 0 Å². The minimum Gasteiger partial charge on any atom is -0.493 e. The molecule has 1 fully saturated rings. The smallest absolute Gasteiger partial charge is 0.257 e. The van der Waals surface area contributed by atoms with Crippen molar-refractivity contribution in [3.8, 4) is 17.0 Å². The summed E-state index contributed by atoms with van der Waals surface area (Å²) in [5.74, 6) is 0.495. The fourth-order valence-electron chi connectivity index (χ4n) is 3.96. The maximum Gasteiger partial charge on any atom is 0.257 e. The van der Waals surface area contributed by atoms with Crippen molar-refractivity contribution in [2.45, 2.75) is 19.3 Å². The van der Waals surface area contributed by atoms with E-state index in [-0.39, 0.29) is 17.7 Å². The molecule has 1 unspecified atom stereocenters. The van der Waals surface area contributed by atoms with Crippen LogP contribution in [-0.2, 0) is 11.2 Å². The summed E-state index contributed by atoms with van der Waals surface area (Å²) in [5, 5.41) is 5.46. The van der Waals surface area contributed by atoms with Crippen LogP contribution in [0, 0.1) is 5.92 Å². The van der Waals surface area contributed by atoms with E-state index in [1.807, 2.05) is 17.5 Å². The van der Waals surface area contributed by atoms with Gasteiger partial charge in [0.15, 0.2) is 5.13 Å². The average molecular weight is 423 g/mol. The molecule has 30 heavy (non-hydrogen) atoms. The maximum absolute atomic E-state index is 12.8. The van der Waals surface area contributed by atoms with Crippen LogP contribution in [0.5, 0.6) is 5.75 Å². The summed E-state index contributed by atoms with van der Waals surface area (Å²) in [6.07, 6.45) is 5.38.